The molecule has 19 heavy (non-hydrogen) atoms. The third-order valence-electron chi connectivity index (χ3n) is 4.11. The van der Waals surface area contributed by atoms with Crippen LogP contribution in [0.15, 0.2) is 30.3 Å². The van der Waals surface area contributed by atoms with Gasteiger partial charge in [-0.15, -0.1) is 0 Å². The molecule has 0 aromatic heterocycles. The van der Waals surface area contributed by atoms with Crippen LogP contribution in [0.3, 0.4) is 0 Å². The molecule has 0 bridgehead atoms. The molecule has 2 fully saturated rings. The van der Waals surface area contributed by atoms with Gasteiger partial charge in [-0.1, -0.05) is 30.3 Å². The lowest BCUT2D eigenvalue weighted by atomic mass is 10.0. The van der Waals surface area contributed by atoms with Gasteiger partial charge < -0.3 is 13.8 Å². The maximum atomic E-state index is 12.9. The molecule has 6 heteroatoms. The Morgan fingerprint density at radius 2 is 1.79 bits per heavy atom. The summed E-state index contributed by atoms with van der Waals surface area (Å²) in [5.41, 5.74) is 0.113. The zero-order valence-corrected chi connectivity index (χ0v) is 11.7. The van der Waals surface area contributed by atoms with Crippen LogP contribution in [0, 0.1) is 0 Å². The van der Waals surface area contributed by atoms with Gasteiger partial charge in [0.15, 0.2) is 0 Å². The molecule has 1 spiro atoms. The van der Waals surface area contributed by atoms with E-state index in [9.17, 15) is 9.36 Å². The van der Waals surface area contributed by atoms with Crippen LogP contribution >= 0.6 is 7.60 Å². The van der Waals surface area contributed by atoms with Crippen molar-refractivity contribution >= 4 is 13.6 Å². The molecule has 0 N–H and O–H groups in total. The van der Waals surface area contributed by atoms with Crippen molar-refractivity contribution in [3.8, 4) is 0 Å². The Balaban J connectivity index is 2.10. The Bertz CT molecular complexity index is 554. The highest BCUT2D eigenvalue weighted by Gasteiger charge is 2.85. The van der Waals surface area contributed by atoms with Gasteiger partial charge in [-0.3, -0.25) is 9.36 Å². The summed E-state index contributed by atoms with van der Waals surface area (Å²) in [6, 6.07) is 9.33. The first kappa shape index (κ1) is 12.9. The van der Waals surface area contributed by atoms with Crippen LogP contribution in [0.5, 0.6) is 0 Å². The molecule has 0 radical (unpaired) electrons. The summed E-state index contributed by atoms with van der Waals surface area (Å²) in [6.07, 6.45) is 0.743. The number of hydrogen-bond acceptors (Lipinski definition) is 5. The van der Waals surface area contributed by atoms with Gasteiger partial charge in [0.2, 0.25) is 0 Å². The summed E-state index contributed by atoms with van der Waals surface area (Å²) in [7, 11) is -0.660. The molecule has 0 amide bonds. The highest BCUT2D eigenvalue weighted by molar-refractivity contribution is 7.55. The maximum absolute atomic E-state index is 12.9. The largest absolute Gasteiger partial charge is 0.457 e. The number of carbonyl (C=O) groups excluding carboxylic acids is 1. The van der Waals surface area contributed by atoms with Crippen molar-refractivity contribution in [2.24, 2.45) is 0 Å². The van der Waals surface area contributed by atoms with Crippen molar-refractivity contribution in [2.75, 3.05) is 14.2 Å². The van der Waals surface area contributed by atoms with Gasteiger partial charge in [0.05, 0.1) is 6.42 Å². The van der Waals surface area contributed by atoms with Crippen molar-refractivity contribution in [1.29, 1.82) is 0 Å². The monoisotopic (exact) mass is 282 g/mol. The van der Waals surface area contributed by atoms with E-state index in [4.69, 9.17) is 13.8 Å². The standard InChI is InChI=1S/C13H15O5P/c1-16-19(15,17-2)13(10-6-4-3-5-7-10)9-12(13)8-11(14)18-12/h3-7H,8-9H2,1-2H3/t12-,13+/m1/s1. The van der Waals surface area contributed by atoms with Crippen LogP contribution in [-0.4, -0.2) is 25.8 Å². The molecular formula is C13H15O5P. The lowest BCUT2D eigenvalue weighted by Gasteiger charge is -2.35. The Kier molecular flexibility index (Phi) is 2.65. The second-order valence-electron chi connectivity index (χ2n) is 4.91. The number of esters is 1. The summed E-state index contributed by atoms with van der Waals surface area (Å²) in [5.74, 6) is -0.267. The summed E-state index contributed by atoms with van der Waals surface area (Å²) in [5, 5.41) is -0.862. The molecule has 1 saturated carbocycles. The summed E-state index contributed by atoms with van der Waals surface area (Å²) >= 11 is 0. The molecule has 1 aliphatic carbocycles. The molecule has 3 rings (SSSR count). The van der Waals surface area contributed by atoms with Crippen LogP contribution in [0.4, 0.5) is 0 Å². The van der Waals surface area contributed by atoms with E-state index in [-0.39, 0.29) is 12.4 Å². The van der Waals surface area contributed by atoms with E-state index in [1.54, 1.807) is 0 Å². The van der Waals surface area contributed by atoms with E-state index in [1.165, 1.54) is 14.2 Å². The van der Waals surface area contributed by atoms with Crippen LogP contribution in [0.2, 0.25) is 0 Å². The molecule has 102 valence electrons. The second kappa shape index (κ2) is 3.92. The highest BCUT2D eigenvalue weighted by atomic mass is 31.2. The molecule has 0 unspecified atom stereocenters. The van der Waals surface area contributed by atoms with Gasteiger partial charge >= 0.3 is 13.6 Å². The number of rotatable bonds is 4. The average molecular weight is 282 g/mol. The first-order valence-corrected chi connectivity index (χ1v) is 7.57. The molecule has 1 aromatic rings. The number of carbonyl (C=O) groups is 1. The zero-order chi connectivity index (χ0) is 13.7. The van der Waals surface area contributed by atoms with E-state index in [0.717, 1.165) is 5.56 Å². The van der Waals surface area contributed by atoms with Crippen LogP contribution in [-0.2, 0) is 28.3 Å². The molecule has 1 saturated heterocycles. The molecule has 2 aliphatic rings. The topological polar surface area (TPSA) is 61.8 Å². The van der Waals surface area contributed by atoms with E-state index < -0.39 is 18.4 Å². The zero-order valence-electron chi connectivity index (χ0n) is 10.8. The number of ether oxygens (including phenoxy) is 1. The highest BCUT2D eigenvalue weighted by Crippen LogP contribution is 2.84. The molecule has 1 aromatic carbocycles. The summed E-state index contributed by atoms with van der Waals surface area (Å²) in [4.78, 5) is 11.2. The van der Waals surface area contributed by atoms with Crippen molar-refractivity contribution in [2.45, 2.75) is 23.6 Å². The van der Waals surface area contributed by atoms with Gasteiger partial charge in [0.1, 0.15) is 10.8 Å². The van der Waals surface area contributed by atoms with Crippen LogP contribution in [0.25, 0.3) is 0 Å². The SMILES string of the molecule is COP(=O)(OC)[C@]1(c2ccccc2)C[C@]12CC(=O)O2. The Morgan fingerprint density at radius 3 is 2.26 bits per heavy atom. The molecule has 2 atom stereocenters. The fraction of sp³-hybridized carbons (Fsp3) is 0.462. The smallest absolute Gasteiger partial charge is 0.344 e. The summed E-state index contributed by atoms with van der Waals surface area (Å²) < 4.78 is 28.6. The summed E-state index contributed by atoms with van der Waals surface area (Å²) in [6.45, 7) is 0. The fourth-order valence-corrected chi connectivity index (χ4v) is 5.42. The van der Waals surface area contributed by atoms with E-state index >= 15 is 0 Å². The van der Waals surface area contributed by atoms with Crippen molar-refractivity contribution < 1.29 is 23.1 Å². The third-order valence-corrected chi connectivity index (χ3v) is 6.83. The Morgan fingerprint density at radius 1 is 1.21 bits per heavy atom. The molecule has 5 nitrogen and oxygen atoms in total. The minimum atomic E-state index is -3.39. The lowest BCUT2D eigenvalue weighted by molar-refractivity contribution is -0.175. The van der Waals surface area contributed by atoms with E-state index in [1.807, 2.05) is 30.3 Å². The first-order chi connectivity index (χ1) is 9.03. The number of benzene rings is 1. The minimum Gasteiger partial charge on any atom is -0.457 e. The van der Waals surface area contributed by atoms with E-state index in [2.05, 4.69) is 0 Å². The lowest BCUT2D eigenvalue weighted by Crippen LogP contribution is -2.42. The van der Waals surface area contributed by atoms with Crippen LogP contribution < -0.4 is 0 Å². The van der Waals surface area contributed by atoms with Gasteiger partial charge in [0, 0.05) is 20.6 Å². The van der Waals surface area contributed by atoms with Gasteiger partial charge in [-0.25, -0.2) is 0 Å². The predicted octanol–water partition coefficient (Wildman–Crippen LogP) is 2.46. The van der Waals surface area contributed by atoms with Gasteiger partial charge in [-0.2, -0.15) is 0 Å². The van der Waals surface area contributed by atoms with Crippen molar-refractivity contribution in [3.05, 3.63) is 35.9 Å². The quantitative estimate of drug-likeness (QED) is 0.627. The molecule has 1 aliphatic heterocycles. The van der Waals surface area contributed by atoms with Gasteiger partial charge in [0.25, 0.3) is 0 Å². The fourth-order valence-electron chi connectivity index (χ4n) is 3.11. The normalized spacial score (nSPS) is 32.8. The average Bonchev–Trinajstić information content (AvgIpc) is 3.10. The number of hydrogen-bond donors (Lipinski definition) is 0. The second-order valence-corrected chi connectivity index (χ2v) is 7.40. The van der Waals surface area contributed by atoms with Crippen molar-refractivity contribution in [3.63, 3.8) is 0 Å². The minimum absolute atomic E-state index is 0.263. The Hall–Kier alpha value is -1.16. The van der Waals surface area contributed by atoms with Gasteiger partial charge in [-0.05, 0) is 5.56 Å². The molecular weight excluding hydrogens is 267 g/mol. The predicted molar refractivity (Wildman–Crippen MR) is 67.8 cm³/mol. The van der Waals surface area contributed by atoms with Crippen molar-refractivity contribution in [1.82, 2.24) is 0 Å². The first-order valence-electron chi connectivity index (χ1n) is 6.03. The third kappa shape index (κ3) is 1.43. The van der Waals surface area contributed by atoms with E-state index in [0.29, 0.717) is 6.42 Å². The molecule has 1 heterocycles. The Labute approximate surface area is 111 Å². The van der Waals surface area contributed by atoms with Crippen LogP contribution in [0.1, 0.15) is 18.4 Å². The maximum Gasteiger partial charge on any atom is 0.344 e.